The van der Waals surface area contributed by atoms with E-state index in [1.54, 1.807) is 0 Å². The van der Waals surface area contributed by atoms with E-state index in [2.05, 4.69) is 4.98 Å². The SMILES string of the molecule is Cc1cccc2nc(-c3ccccc3)c(C(N)=O)c(C)c12. The number of rotatable bonds is 2. The zero-order chi connectivity index (χ0) is 15.0. The number of benzene rings is 2. The molecule has 0 saturated heterocycles. The Kier molecular flexibility index (Phi) is 3.18. The Morgan fingerprint density at radius 2 is 1.71 bits per heavy atom. The Bertz CT molecular complexity index is 839. The van der Waals surface area contributed by atoms with Crippen LogP contribution in [0.5, 0.6) is 0 Å². The third-order valence-electron chi connectivity index (χ3n) is 3.76. The highest BCUT2D eigenvalue weighted by molar-refractivity contribution is 6.05. The molecule has 3 aromatic rings. The number of hydrogen-bond acceptors (Lipinski definition) is 2. The van der Waals surface area contributed by atoms with Crippen molar-refractivity contribution in [1.29, 1.82) is 0 Å². The van der Waals surface area contributed by atoms with Gasteiger partial charge in [-0.3, -0.25) is 4.79 Å². The zero-order valence-electron chi connectivity index (χ0n) is 12.1. The topological polar surface area (TPSA) is 56.0 Å². The van der Waals surface area contributed by atoms with E-state index in [1.807, 2.05) is 62.4 Å². The molecule has 2 N–H and O–H groups in total. The van der Waals surface area contributed by atoms with Crippen LogP contribution in [0.3, 0.4) is 0 Å². The van der Waals surface area contributed by atoms with Crippen LogP contribution < -0.4 is 5.73 Å². The molecule has 0 aliphatic carbocycles. The molecule has 104 valence electrons. The van der Waals surface area contributed by atoms with Gasteiger partial charge in [0.1, 0.15) is 0 Å². The van der Waals surface area contributed by atoms with Crippen LogP contribution in [0.2, 0.25) is 0 Å². The zero-order valence-corrected chi connectivity index (χ0v) is 12.1. The van der Waals surface area contributed by atoms with Gasteiger partial charge in [0.15, 0.2) is 0 Å². The second kappa shape index (κ2) is 5.02. The molecule has 0 unspecified atom stereocenters. The van der Waals surface area contributed by atoms with E-state index >= 15 is 0 Å². The highest BCUT2D eigenvalue weighted by Crippen LogP contribution is 2.30. The van der Waals surface area contributed by atoms with Crippen LogP contribution in [0.4, 0.5) is 0 Å². The Morgan fingerprint density at radius 3 is 2.38 bits per heavy atom. The number of aryl methyl sites for hydroxylation is 2. The lowest BCUT2D eigenvalue weighted by atomic mass is 9.95. The van der Waals surface area contributed by atoms with Gasteiger partial charge in [-0.1, -0.05) is 42.5 Å². The summed E-state index contributed by atoms with van der Waals surface area (Å²) in [5.74, 6) is -0.441. The van der Waals surface area contributed by atoms with Crippen molar-refractivity contribution in [2.24, 2.45) is 5.73 Å². The lowest BCUT2D eigenvalue weighted by Crippen LogP contribution is -2.16. The van der Waals surface area contributed by atoms with E-state index in [-0.39, 0.29) is 0 Å². The van der Waals surface area contributed by atoms with E-state index in [0.717, 1.165) is 27.6 Å². The van der Waals surface area contributed by atoms with Gasteiger partial charge in [-0.2, -0.15) is 0 Å². The van der Waals surface area contributed by atoms with Crippen molar-refractivity contribution in [1.82, 2.24) is 4.98 Å². The van der Waals surface area contributed by atoms with Gasteiger partial charge >= 0.3 is 0 Å². The normalized spacial score (nSPS) is 10.8. The smallest absolute Gasteiger partial charge is 0.251 e. The number of aromatic nitrogens is 1. The maximum Gasteiger partial charge on any atom is 0.251 e. The number of pyridine rings is 1. The van der Waals surface area contributed by atoms with Crippen molar-refractivity contribution in [2.75, 3.05) is 0 Å². The molecule has 0 aliphatic rings. The molecule has 0 saturated carbocycles. The Morgan fingerprint density at radius 1 is 1.00 bits per heavy atom. The molecule has 1 aromatic heterocycles. The first-order chi connectivity index (χ1) is 10.1. The maximum absolute atomic E-state index is 12.0. The molecule has 1 amide bonds. The third kappa shape index (κ3) is 2.17. The lowest BCUT2D eigenvalue weighted by Gasteiger charge is -2.14. The standard InChI is InChI=1S/C18H16N2O/c1-11-7-6-10-14-15(11)12(2)16(18(19)21)17(20-14)13-8-4-3-5-9-13/h3-10H,1-2H3,(H2,19,21). The van der Waals surface area contributed by atoms with Crippen LogP contribution in [0.15, 0.2) is 48.5 Å². The molecule has 3 nitrogen and oxygen atoms in total. The Hall–Kier alpha value is -2.68. The summed E-state index contributed by atoms with van der Waals surface area (Å²) in [5, 5.41) is 1.01. The fraction of sp³-hybridized carbons (Fsp3) is 0.111. The van der Waals surface area contributed by atoms with Gasteiger partial charge in [0.25, 0.3) is 5.91 Å². The number of fused-ring (bicyclic) bond motifs is 1. The van der Waals surface area contributed by atoms with E-state index in [4.69, 9.17) is 5.73 Å². The third-order valence-corrected chi connectivity index (χ3v) is 3.76. The molecule has 21 heavy (non-hydrogen) atoms. The van der Waals surface area contributed by atoms with Crippen LogP contribution in [0, 0.1) is 13.8 Å². The van der Waals surface area contributed by atoms with E-state index < -0.39 is 5.91 Å². The van der Waals surface area contributed by atoms with E-state index in [1.165, 1.54) is 0 Å². The molecule has 3 heteroatoms. The van der Waals surface area contributed by atoms with Crippen LogP contribution in [0.1, 0.15) is 21.5 Å². The van der Waals surface area contributed by atoms with Gasteiger partial charge in [-0.05, 0) is 31.0 Å². The maximum atomic E-state index is 12.0. The lowest BCUT2D eigenvalue weighted by molar-refractivity contribution is 0.1000. The highest BCUT2D eigenvalue weighted by Gasteiger charge is 2.18. The van der Waals surface area contributed by atoms with Gasteiger partial charge in [0, 0.05) is 10.9 Å². The minimum absolute atomic E-state index is 0.441. The first-order valence-corrected chi connectivity index (χ1v) is 6.84. The summed E-state index contributed by atoms with van der Waals surface area (Å²) in [6.45, 7) is 3.95. The van der Waals surface area contributed by atoms with Crippen LogP contribution in [0.25, 0.3) is 22.2 Å². The summed E-state index contributed by atoms with van der Waals surface area (Å²) >= 11 is 0. The van der Waals surface area contributed by atoms with Crippen LogP contribution >= 0.6 is 0 Å². The van der Waals surface area contributed by atoms with E-state index in [0.29, 0.717) is 11.3 Å². The second-order valence-electron chi connectivity index (χ2n) is 5.16. The van der Waals surface area contributed by atoms with Crippen LogP contribution in [-0.4, -0.2) is 10.9 Å². The predicted molar refractivity (Wildman–Crippen MR) is 85.2 cm³/mol. The minimum Gasteiger partial charge on any atom is -0.366 e. The van der Waals surface area contributed by atoms with Crippen molar-refractivity contribution in [3.8, 4) is 11.3 Å². The number of hydrogen-bond donors (Lipinski definition) is 1. The minimum atomic E-state index is -0.441. The van der Waals surface area contributed by atoms with Crippen molar-refractivity contribution in [3.63, 3.8) is 0 Å². The van der Waals surface area contributed by atoms with Crippen molar-refractivity contribution in [2.45, 2.75) is 13.8 Å². The largest absolute Gasteiger partial charge is 0.366 e. The number of primary amides is 1. The summed E-state index contributed by atoms with van der Waals surface area (Å²) < 4.78 is 0. The summed E-state index contributed by atoms with van der Waals surface area (Å²) in [6.07, 6.45) is 0. The van der Waals surface area contributed by atoms with E-state index in [9.17, 15) is 4.79 Å². The average Bonchev–Trinajstić information content (AvgIpc) is 2.47. The molecular formula is C18H16N2O. The predicted octanol–water partition coefficient (Wildman–Crippen LogP) is 3.62. The van der Waals surface area contributed by atoms with Gasteiger partial charge in [0.2, 0.25) is 0 Å². The fourth-order valence-electron chi connectivity index (χ4n) is 2.82. The summed E-state index contributed by atoms with van der Waals surface area (Å²) in [7, 11) is 0. The first kappa shape index (κ1) is 13.3. The quantitative estimate of drug-likeness (QED) is 0.777. The summed E-state index contributed by atoms with van der Waals surface area (Å²) in [6, 6.07) is 15.6. The summed E-state index contributed by atoms with van der Waals surface area (Å²) in [4.78, 5) is 16.6. The fourth-order valence-corrected chi connectivity index (χ4v) is 2.82. The van der Waals surface area contributed by atoms with Crippen LogP contribution in [-0.2, 0) is 0 Å². The Labute approximate surface area is 123 Å². The molecule has 0 atom stereocenters. The molecule has 0 radical (unpaired) electrons. The number of nitrogens with zero attached hydrogens (tertiary/aromatic N) is 1. The summed E-state index contributed by atoms with van der Waals surface area (Å²) in [5.41, 5.74) is 10.5. The Balaban J connectivity index is 2.45. The molecule has 1 heterocycles. The van der Waals surface area contributed by atoms with Gasteiger partial charge < -0.3 is 5.73 Å². The number of carbonyl (C=O) groups excluding carboxylic acids is 1. The van der Waals surface area contributed by atoms with Gasteiger partial charge in [-0.15, -0.1) is 0 Å². The number of nitrogens with two attached hydrogens (primary N) is 1. The molecule has 0 aliphatic heterocycles. The molecular weight excluding hydrogens is 260 g/mol. The molecule has 2 aromatic carbocycles. The molecule has 0 spiro atoms. The highest BCUT2D eigenvalue weighted by atomic mass is 16.1. The average molecular weight is 276 g/mol. The van der Waals surface area contributed by atoms with Crippen molar-refractivity contribution >= 4 is 16.8 Å². The monoisotopic (exact) mass is 276 g/mol. The second-order valence-corrected chi connectivity index (χ2v) is 5.16. The van der Waals surface area contributed by atoms with Crippen molar-refractivity contribution in [3.05, 3.63) is 65.2 Å². The van der Waals surface area contributed by atoms with Gasteiger partial charge in [-0.25, -0.2) is 4.98 Å². The molecule has 3 rings (SSSR count). The molecule has 0 bridgehead atoms. The first-order valence-electron chi connectivity index (χ1n) is 6.84. The molecule has 0 fully saturated rings. The van der Waals surface area contributed by atoms with Gasteiger partial charge in [0.05, 0.1) is 16.8 Å². The number of carbonyl (C=O) groups is 1. The number of amides is 1. The van der Waals surface area contributed by atoms with Crippen molar-refractivity contribution < 1.29 is 4.79 Å².